The van der Waals surface area contributed by atoms with Gasteiger partial charge in [-0.15, -0.1) is 11.3 Å². The minimum atomic E-state index is -3.68. The highest BCUT2D eigenvalue weighted by Gasteiger charge is 2.20. The van der Waals surface area contributed by atoms with E-state index in [4.69, 9.17) is 4.74 Å². The lowest BCUT2D eigenvalue weighted by Gasteiger charge is -2.15. The number of thiophene rings is 1. The largest absolute Gasteiger partial charge is 0.495 e. The summed E-state index contributed by atoms with van der Waals surface area (Å²) < 4.78 is 34.0. The lowest BCUT2D eigenvalue weighted by atomic mass is 10.1. The van der Waals surface area contributed by atoms with E-state index < -0.39 is 10.0 Å². The second-order valence-electron chi connectivity index (χ2n) is 5.43. The van der Waals surface area contributed by atoms with Crippen molar-refractivity contribution in [1.29, 1.82) is 0 Å². The first kappa shape index (κ1) is 17.8. The molecule has 10 heteroatoms. The van der Waals surface area contributed by atoms with Crippen molar-refractivity contribution in [3.63, 3.8) is 0 Å². The van der Waals surface area contributed by atoms with Gasteiger partial charge >= 0.3 is 0 Å². The van der Waals surface area contributed by atoms with Crippen LogP contribution in [0.15, 0.2) is 68.4 Å². The molecular weight excluding hydrogens is 404 g/mol. The number of aromatic amines is 1. The van der Waals surface area contributed by atoms with E-state index in [0.717, 1.165) is 15.7 Å². The Kier molecular flexibility index (Phi) is 4.77. The van der Waals surface area contributed by atoms with Gasteiger partial charge < -0.3 is 4.74 Å². The van der Waals surface area contributed by atoms with Gasteiger partial charge in [0.25, 0.3) is 10.0 Å². The van der Waals surface area contributed by atoms with E-state index in [1.807, 2.05) is 24.3 Å². The maximum atomic E-state index is 12.7. The van der Waals surface area contributed by atoms with E-state index in [9.17, 15) is 8.42 Å². The summed E-state index contributed by atoms with van der Waals surface area (Å²) >= 11 is 2.48. The first-order valence-corrected chi connectivity index (χ1v) is 11.0. The number of methoxy groups -OCH3 is 1. The highest BCUT2D eigenvalue weighted by atomic mass is 32.2. The van der Waals surface area contributed by atoms with Gasteiger partial charge in [0, 0.05) is 10.8 Å². The molecule has 0 fully saturated rings. The number of hydrogen-bond donors (Lipinski definition) is 2. The van der Waals surface area contributed by atoms with E-state index in [1.165, 1.54) is 29.4 Å². The molecule has 0 saturated carbocycles. The van der Waals surface area contributed by atoms with Gasteiger partial charge in [0.1, 0.15) is 16.3 Å². The van der Waals surface area contributed by atoms with Crippen LogP contribution in [-0.2, 0) is 10.0 Å². The standard InChI is InChI=1S/C17H14N4O3S3/c1-24-16-12-6-3-2-5-11(12)13(9-14(16)26-17-18-10-19-20-17)21-27(22,23)15-7-4-8-25-15/h2-10,21H,1H3,(H,18,19,20). The number of nitrogens with zero attached hydrogens (tertiary/aromatic N) is 2. The fraction of sp³-hybridized carbons (Fsp3) is 0.0588. The van der Waals surface area contributed by atoms with Crippen molar-refractivity contribution < 1.29 is 13.2 Å². The van der Waals surface area contributed by atoms with Gasteiger partial charge in [-0.2, -0.15) is 5.10 Å². The maximum absolute atomic E-state index is 12.7. The average Bonchev–Trinajstić information content (AvgIpc) is 3.36. The summed E-state index contributed by atoms with van der Waals surface area (Å²) in [7, 11) is -2.09. The first-order valence-electron chi connectivity index (χ1n) is 7.78. The number of benzene rings is 2. The Morgan fingerprint density at radius 1 is 1.19 bits per heavy atom. The van der Waals surface area contributed by atoms with Crippen LogP contribution in [0.4, 0.5) is 5.69 Å². The number of nitrogens with one attached hydrogen (secondary N) is 2. The Labute approximate surface area is 163 Å². The van der Waals surface area contributed by atoms with Crippen LogP contribution in [0.5, 0.6) is 5.75 Å². The third-order valence-electron chi connectivity index (χ3n) is 3.77. The zero-order valence-corrected chi connectivity index (χ0v) is 16.5. The van der Waals surface area contributed by atoms with Crippen LogP contribution in [0, 0.1) is 0 Å². The zero-order chi connectivity index (χ0) is 18.9. The highest BCUT2D eigenvalue weighted by molar-refractivity contribution is 7.99. The average molecular weight is 419 g/mol. The van der Waals surface area contributed by atoms with Gasteiger partial charge in [-0.3, -0.25) is 9.82 Å². The number of anilines is 1. The number of hydrogen-bond acceptors (Lipinski definition) is 7. The molecule has 4 aromatic rings. The molecule has 7 nitrogen and oxygen atoms in total. The summed E-state index contributed by atoms with van der Waals surface area (Å²) in [6, 6.07) is 12.5. The molecule has 0 atom stereocenters. The highest BCUT2D eigenvalue weighted by Crippen LogP contribution is 2.42. The molecule has 27 heavy (non-hydrogen) atoms. The second kappa shape index (κ2) is 7.22. The van der Waals surface area contributed by atoms with Crippen molar-refractivity contribution in [2.45, 2.75) is 14.3 Å². The van der Waals surface area contributed by atoms with Gasteiger partial charge in [-0.25, -0.2) is 13.4 Å². The summed E-state index contributed by atoms with van der Waals surface area (Å²) in [6.45, 7) is 0. The van der Waals surface area contributed by atoms with Gasteiger partial charge in [-0.05, 0) is 29.3 Å². The SMILES string of the molecule is COc1c(Sc2ncn[nH]2)cc(NS(=O)(=O)c2cccs2)c2ccccc12. The molecule has 2 heterocycles. The number of H-pyrrole nitrogens is 1. The predicted octanol–water partition coefficient (Wildman–Crippen LogP) is 3.98. The fourth-order valence-corrected chi connectivity index (χ4v) is 5.59. The van der Waals surface area contributed by atoms with E-state index in [0.29, 0.717) is 16.6 Å². The van der Waals surface area contributed by atoms with Crippen LogP contribution >= 0.6 is 23.1 Å². The summed E-state index contributed by atoms with van der Waals surface area (Å²) in [6.07, 6.45) is 1.41. The molecule has 0 saturated heterocycles. The van der Waals surface area contributed by atoms with Crippen LogP contribution in [0.1, 0.15) is 0 Å². The molecule has 0 aliphatic heterocycles. The van der Waals surface area contributed by atoms with Crippen LogP contribution in [0.2, 0.25) is 0 Å². The lowest BCUT2D eigenvalue weighted by Crippen LogP contribution is -2.12. The summed E-state index contributed by atoms with van der Waals surface area (Å²) in [5.74, 6) is 0.645. The Morgan fingerprint density at radius 3 is 2.67 bits per heavy atom. The van der Waals surface area contributed by atoms with Crippen molar-refractivity contribution in [1.82, 2.24) is 15.2 Å². The third kappa shape index (κ3) is 3.51. The topological polar surface area (TPSA) is 97.0 Å². The number of aromatic nitrogens is 3. The third-order valence-corrected chi connectivity index (χ3v) is 7.45. The van der Waals surface area contributed by atoms with Crippen LogP contribution < -0.4 is 9.46 Å². The predicted molar refractivity (Wildman–Crippen MR) is 106 cm³/mol. The lowest BCUT2D eigenvalue weighted by molar-refractivity contribution is 0.410. The summed E-state index contributed by atoms with van der Waals surface area (Å²) in [5.41, 5.74) is 0.474. The van der Waals surface area contributed by atoms with Gasteiger partial charge in [-0.1, -0.05) is 30.3 Å². The molecule has 0 bridgehead atoms. The number of sulfonamides is 1. The maximum Gasteiger partial charge on any atom is 0.271 e. The Hall–Kier alpha value is -2.56. The second-order valence-corrected chi connectivity index (χ2v) is 9.32. The number of fused-ring (bicyclic) bond motifs is 1. The number of ether oxygens (including phenoxy) is 1. The monoisotopic (exact) mass is 418 g/mol. The number of rotatable bonds is 6. The Morgan fingerprint density at radius 2 is 2.00 bits per heavy atom. The molecule has 0 aliphatic rings. The molecule has 0 unspecified atom stereocenters. The molecule has 0 amide bonds. The van der Waals surface area contributed by atoms with Gasteiger partial charge in [0.2, 0.25) is 0 Å². The minimum Gasteiger partial charge on any atom is -0.495 e. The van der Waals surface area contributed by atoms with E-state index in [-0.39, 0.29) is 4.21 Å². The van der Waals surface area contributed by atoms with E-state index in [2.05, 4.69) is 19.9 Å². The molecule has 2 aromatic heterocycles. The zero-order valence-electron chi connectivity index (χ0n) is 14.0. The smallest absolute Gasteiger partial charge is 0.271 e. The van der Waals surface area contributed by atoms with Crippen molar-refractivity contribution in [3.05, 3.63) is 54.2 Å². The molecule has 2 N–H and O–H groups in total. The Bertz CT molecular complexity index is 1170. The van der Waals surface area contributed by atoms with E-state index >= 15 is 0 Å². The summed E-state index contributed by atoms with van der Waals surface area (Å²) in [5, 5.41) is 10.5. The molecular formula is C17H14N4O3S3. The quantitative estimate of drug-likeness (QED) is 0.492. The van der Waals surface area contributed by atoms with Crippen LogP contribution in [0.25, 0.3) is 10.8 Å². The normalized spacial score (nSPS) is 11.6. The Balaban J connectivity index is 1.86. The molecule has 0 aliphatic carbocycles. The van der Waals surface area contributed by atoms with Crippen molar-refractivity contribution in [2.75, 3.05) is 11.8 Å². The first-order chi connectivity index (χ1) is 13.1. The molecule has 138 valence electrons. The van der Waals surface area contributed by atoms with Crippen molar-refractivity contribution >= 4 is 49.6 Å². The van der Waals surface area contributed by atoms with Crippen LogP contribution in [-0.4, -0.2) is 30.7 Å². The van der Waals surface area contributed by atoms with Gasteiger partial charge in [0.05, 0.1) is 17.7 Å². The summed E-state index contributed by atoms with van der Waals surface area (Å²) in [4.78, 5) is 4.83. The molecule has 4 rings (SSSR count). The van der Waals surface area contributed by atoms with Crippen molar-refractivity contribution in [2.24, 2.45) is 0 Å². The fourth-order valence-electron chi connectivity index (χ4n) is 2.65. The van der Waals surface area contributed by atoms with Crippen LogP contribution in [0.3, 0.4) is 0 Å². The molecule has 0 radical (unpaired) electrons. The van der Waals surface area contributed by atoms with E-state index in [1.54, 1.807) is 30.7 Å². The molecule has 2 aromatic carbocycles. The van der Waals surface area contributed by atoms with Gasteiger partial charge in [0.15, 0.2) is 5.16 Å². The van der Waals surface area contributed by atoms with Crippen molar-refractivity contribution in [3.8, 4) is 5.75 Å². The minimum absolute atomic E-state index is 0.256. The molecule has 0 spiro atoms.